The van der Waals surface area contributed by atoms with Gasteiger partial charge in [0.25, 0.3) is 0 Å². The van der Waals surface area contributed by atoms with Crippen LogP contribution in [0, 0.1) is 0 Å². The third kappa shape index (κ3) is 6.83. The van der Waals surface area contributed by atoms with Crippen LogP contribution in [0.2, 0.25) is 5.02 Å². The molecule has 1 aliphatic heterocycles. The summed E-state index contributed by atoms with van der Waals surface area (Å²) in [5.74, 6) is -0.484. The first-order chi connectivity index (χ1) is 15.0. The Morgan fingerprint density at radius 1 is 1.19 bits per heavy atom. The fraction of sp³-hybridized carbons (Fsp3) is 0.286. The van der Waals surface area contributed by atoms with E-state index in [4.69, 9.17) is 33.3 Å². The molecule has 0 aromatic heterocycles. The van der Waals surface area contributed by atoms with Crippen molar-refractivity contribution in [1.82, 2.24) is 5.32 Å². The molecular weight excluding hydrogens is 458 g/mol. The highest BCUT2D eigenvalue weighted by Crippen LogP contribution is 2.26. The van der Waals surface area contributed by atoms with Gasteiger partial charge >= 0.3 is 5.97 Å². The molecule has 1 amide bonds. The highest BCUT2D eigenvalue weighted by atomic mass is 35.5. The van der Waals surface area contributed by atoms with Crippen molar-refractivity contribution in [3.05, 3.63) is 53.1 Å². The van der Waals surface area contributed by atoms with E-state index < -0.39 is 5.97 Å². The van der Waals surface area contributed by atoms with Gasteiger partial charge in [-0.25, -0.2) is 4.79 Å². The molecule has 1 aliphatic rings. The number of hydrogen-bond acceptors (Lipinski definition) is 7. The molecule has 0 unspecified atom stereocenters. The summed E-state index contributed by atoms with van der Waals surface area (Å²) in [6.45, 7) is 2.59. The van der Waals surface area contributed by atoms with Gasteiger partial charge in [-0.2, -0.15) is 0 Å². The summed E-state index contributed by atoms with van der Waals surface area (Å²) in [5, 5.41) is 6.39. The molecule has 2 aromatic carbocycles. The lowest BCUT2D eigenvalue weighted by atomic mass is 10.1. The Morgan fingerprint density at radius 2 is 1.90 bits per heavy atom. The number of rotatable bonds is 6. The van der Waals surface area contributed by atoms with Crippen molar-refractivity contribution in [2.75, 3.05) is 49.4 Å². The van der Waals surface area contributed by atoms with Crippen molar-refractivity contribution in [3.8, 4) is 0 Å². The molecule has 0 spiro atoms. The van der Waals surface area contributed by atoms with Gasteiger partial charge in [-0.15, -0.1) is 11.8 Å². The van der Waals surface area contributed by atoms with Crippen molar-refractivity contribution < 1.29 is 19.1 Å². The molecule has 164 valence electrons. The van der Waals surface area contributed by atoms with E-state index in [1.165, 1.54) is 18.9 Å². The smallest absolute Gasteiger partial charge is 0.340 e. The van der Waals surface area contributed by atoms with Gasteiger partial charge in [-0.3, -0.25) is 4.79 Å². The van der Waals surface area contributed by atoms with Crippen LogP contribution < -0.4 is 15.5 Å². The molecule has 0 aliphatic carbocycles. The fourth-order valence-electron chi connectivity index (χ4n) is 2.97. The second kappa shape index (κ2) is 11.3. The number of ether oxygens (including phenoxy) is 2. The predicted molar refractivity (Wildman–Crippen MR) is 127 cm³/mol. The number of hydrogen-bond donors (Lipinski definition) is 2. The van der Waals surface area contributed by atoms with E-state index >= 15 is 0 Å². The average Bonchev–Trinajstić information content (AvgIpc) is 2.78. The molecule has 10 heteroatoms. The van der Waals surface area contributed by atoms with Crippen molar-refractivity contribution in [2.45, 2.75) is 4.90 Å². The lowest BCUT2D eigenvalue weighted by Gasteiger charge is -2.30. The Labute approximate surface area is 195 Å². The maximum Gasteiger partial charge on any atom is 0.340 e. The molecule has 0 bridgehead atoms. The monoisotopic (exact) mass is 479 g/mol. The first-order valence-corrected chi connectivity index (χ1v) is 11.3. The number of nitrogens with zero attached hydrogens (tertiary/aromatic N) is 1. The van der Waals surface area contributed by atoms with Gasteiger partial charge in [0.2, 0.25) is 5.91 Å². The van der Waals surface area contributed by atoms with Crippen LogP contribution >= 0.6 is 35.6 Å². The molecule has 0 saturated carbocycles. The second-order valence-corrected chi connectivity index (χ2v) is 8.46. The number of thioether (sulfide) groups is 1. The average molecular weight is 480 g/mol. The van der Waals surface area contributed by atoms with Gasteiger partial charge < -0.3 is 25.0 Å². The third-order valence-electron chi connectivity index (χ3n) is 4.45. The van der Waals surface area contributed by atoms with Crippen molar-refractivity contribution >= 4 is 63.9 Å². The number of morpholine rings is 1. The van der Waals surface area contributed by atoms with Gasteiger partial charge in [-0.1, -0.05) is 11.6 Å². The lowest BCUT2D eigenvalue weighted by Crippen LogP contribution is -2.37. The number of nitrogens with one attached hydrogen (secondary N) is 2. The SMILES string of the molecule is COC(=O)c1cc(NC(=S)NC(=O)CSc2ccc(Cl)cc2)ccc1N1CCOCC1. The quantitative estimate of drug-likeness (QED) is 0.370. The number of anilines is 2. The summed E-state index contributed by atoms with van der Waals surface area (Å²) in [6, 6.07) is 12.5. The molecule has 2 aromatic rings. The number of thiocarbonyl (C=S) groups is 1. The Morgan fingerprint density at radius 3 is 2.58 bits per heavy atom. The first kappa shape index (κ1) is 23.3. The van der Waals surface area contributed by atoms with Crippen LogP contribution in [0.4, 0.5) is 11.4 Å². The van der Waals surface area contributed by atoms with Crippen LogP contribution in [0.25, 0.3) is 0 Å². The second-order valence-electron chi connectivity index (χ2n) is 6.57. The zero-order valence-electron chi connectivity index (χ0n) is 16.9. The summed E-state index contributed by atoms with van der Waals surface area (Å²) in [7, 11) is 1.34. The summed E-state index contributed by atoms with van der Waals surface area (Å²) >= 11 is 12.5. The molecule has 1 saturated heterocycles. The van der Waals surface area contributed by atoms with Gasteiger partial charge in [0.05, 0.1) is 37.3 Å². The number of methoxy groups -OCH3 is 1. The topological polar surface area (TPSA) is 79.9 Å². The zero-order chi connectivity index (χ0) is 22.2. The minimum atomic E-state index is -0.445. The Hall–Kier alpha value is -2.33. The maximum atomic E-state index is 12.3. The largest absolute Gasteiger partial charge is 0.465 e. The maximum absolute atomic E-state index is 12.3. The van der Waals surface area contributed by atoms with E-state index in [0.717, 1.165) is 10.6 Å². The van der Waals surface area contributed by atoms with Gasteiger partial charge in [0.1, 0.15) is 0 Å². The predicted octanol–water partition coefficient (Wildman–Crippen LogP) is 3.57. The molecular formula is C21H22ClN3O4S2. The van der Waals surface area contributed by atoms with E-state index in [1.54, 1.807) is 24.3 Å². The molecule has 7 nitrogen and oxygen atoms in total. The highest BCUT2D eigenvalue weighted by Gasteiger charge is 2.20. The van der Waals surface area contributed by atoms with Crippen LogP contribution in [0.15, 0.2) is 47.4 Å². The lowest BCUT2D eigenvalue weighted by molar-refractivity contribution is -0.117. The van der Waals surface area contributed by atoms with Crippen LogP contribution in [0.3, 0.4) is 0 Å². The van der Waals surface area contributed by atoms with Crippen LogP contribution in [0.1, 0.15) is 10.4 Å². The normalized spacial score (nSPS) is 13.4. The number of halogens is 1. The van der Waals surface area contributed by atoms with Crippen molar-refractivity contribution in [1.29, 1.82) is 0 Å². The molecule has 2 N–H and O–H groups in total. The summed E-state index contributed by atoms with van der Waals surface area (Å²) < 4.78 is 10.3. The molecule has 1 fully saturated rings. The Balaban J connectivity index is 1.60. The third-order valence-corrected chi connectivity index (χ3v) is 5.92. The zero-order valence-corrected chi connectivity index (χ0v) is 19.2. The van der Waals surface area contributed by atoms with E-state index in [1.807, 2.05) is 18.2 Å². The number of esters is 1. The minimum absolute atomic E-state index is 0.150. The van der Waals surface area contributed by atoms with Crippen LogP contribution in [0.5, 0.6) is 0 Å². The van der Waals surface area contributed by atoms with Gasteiger partial charge in [0.15, 0.2) is 5.11 Å². The number of amides is 1. The number of carbonyl (C=O) groups is 2. The summed E-state index contributed by atoms with van der Waals surface area (Å²) in [6.07, 6.45) is 0. The van der Waals surface area contributed by atoms with Crippen LogP contribution in [-0.2, 0) is 14.3 Å². The fourth-order valence-corrected chi connectivity index (χ4v) is 4.03. The standard InChI is InChI=1S/C21H22ClN3O4S2/c1-28-20(27)17-12-15(4-7-18(17)25-8-10-29-11-9-25)23-21(30)24-19(26)13-31-16-5-2-14(22)3-6-16/h2-7,12H,8-11,13H2,1H3,(H2,23,24,26,30). The molecule has 0 radical (unpaired) electrons. The number of benzene rings is 2. The van der Waals surface area contributed by atoms with Gasteiger partial charge in [-0.05, 0) is 54.7 Å². The summed E-state index contributed by atoms with van der Waals surface area (Å²) in [5.41, 5.74) is 1.77. The molecule has 31 heavy (non-hydrogen) atoms. The summed E-state index contributed by atoms with van der Waals surface area (Å²) in [4.78, 5) is 27.5. The number of carbonyl (C=O) groups excluding carboxylic acids is 2. The molecule has 1 heterocycles. The molecule has 3 rings (SSSR count). The van der Waals surface area contributed by atoms with Gasteiger partial charge in [0, 0.05) is 28.7 Å². The van der Waals surface area contributed by atoms with Crippen molar-refractivity contribution in [2.24, 2.45) is 0 Å². The van der Waals surface area contributed by atoms with E-state index in [0.29, 0.717) is 42.6 Å². The highest BCUT2D eigenvalue weighted by molar-refractivity contribution is 8.00. The van der Waals surface area contributed by atoms with Crippen molar-refractivity contribution in [3.63, 3.8) is 0 Å². The van der Waals surface area contributed by atoms with Crippen LogP contribution in [-0.4, -0.2) is 56.2 Å². The molecule has 0 atom stereocenters. The van der Waals surface area contributed by atoms with E-state index in [2.05, 4.69) is 15.5 Å². The Bertz CT molecular complexity index is 950. The minimum Gasteiger partial charge on any atom is -0.465 e. The first-order valence-electron chi connectivity index (χ1n) is 9.50. The van der Waals surface area contributed by atoms with E-state index in [-0.39, 0.29) is 16.8 Å². The Kier molecular flexibility index (Phi) is 8.53. The van der Waals surface area contributed by atoms with E-state index in [9.17, 15) is 9.59 Å².